The minimum atomic E-state index is -0.120. The van der Waals surface area contributed by atoms with E-state index in [1.54, 1.807) is 14.2 Å². The molecule has 25 heavy (non-hydrogen) atoms. The van der Waals surface area contributed by atoms with Crippen molar-refractivity contribution in [3.05, 3.63) is 23.3 Å². The van der Waals surface area contributed by atoms with E-state index in [1.807, 2.05) is 13.8 Å². The number of urea groups is 1. The summed E-state index contributed by atoms with van der Waals surface area (Å²) in [5.74, 6) is 1.50. The van der Waals surface area contributed by atoms with Crippen LogP contribution in [0.15, 0.2) is 12.1 Å². The Bertz CT molecular complexity index is 604. The molecule has 1 aliphatic heterocycles. The van der Waals surface area contributed by atoms with Crippen molar-refractivity contribution in [2.75, 3.05) is 27.3 Å². The van der Waals surface area contributed by atoms with Gasteiger partial charge in [-0.2, -0.15) is 0 Å². The van der Waals surface area contributed by atoms with Crippen molar-refractivity contribution in [2.45, 2.75) is 52.2 Å². The predicted molar refractivity (Wildman–Crippen MR) is 98.6 cm³/mol. The molecule has 0 fully saturated rings. The molecule has 140 valence electrons. The molecule has 6 nitrogen and oxygen atoms in total. The lowest BCUT2D eigenvalue weighted by Crippen LogP contribution is -3.14. The second kappa shape index (κ2) is 8.43. The molecule has 0 spiro atoms. The van der Waals surface area contributed by atoms with E-state index in [0.717, 1.165) is 31.0 Å². The monoisotopic (exact) mass is 350 g/mol. The molecule has 3 atom stereocenters. The van der Waals surface area contributed by atoms with Crippen molar-refractivity contribution >= 4 is 6.03 Å². The van der Waals surface area contributed by atoms with Gasteiger partial charge >= 0.3 is 6.03 Å². The van der Waals surface area contributed by atoms with Gasteiger partial charge in [0.15, 0.2) is 11.5 Å². The highest BCUT2D eigenvalue weighted by Gasteiger charge is 2.36. The van der Waals surface area contributed by atoms with Crippen molar-refractivity contribution < 1.29 is 19.2 Å². The summed E-state index contributed by atoms with van der Waals surface area (Å²) in [5.41, 5.74) is 2.51. The van der Waals surface area contributed by atoms with E-state index in [1.165, 1.54) is 16.0 Å². The van der Waals surface area contributed by atoms with Crippen molar-refractivity contribution in [3.8, 4) is 11.5 Å². The Balaban J connectivity index is 2.33. The Kier molecular flexibility index (Phi) is 6.53. The van der Waals surface area contributed by atoms with Crippen LogP contribution in [0.1, 0.15) is 44.9 Å². The topological polar surface area (TPSA) is 64.0 Å². The molecule has 0 aromatic heterocycles. The number of rotatable bonds is 6. The first-order valence-corrected chi connectivity index (χ1v) is 9.07. The third kappa shape index (κ3) is 4.37. The van der Waals surface area contributed by atoms with Crippen molar-refractivity contribution in [2.24, 2.45) is 0 Å². The van der Waals surface area contributed by atoms with Gasteiger partial charge in [0.05, 0.1) is 33.4 Å². The Labute approximate surface area is 150 Å². The van der Waals surface area contributed by atoms with Crippen molar-refractivity contribution in [1.29, 1.82) is 0 Å². The van der Waals surface area contributed by atoms with Crippen LogP contribution < -0.4 is 25.0 Å². The summed E-state index contributed by atoms with van der Waals surface area (Å²) in [6, 6.07) is 4.34. The molecule has 2 rings (SSSR count). The van der Waals surface area contributed by atoms with Crippen LogP contribution in [0.2, 0.25) is 0 Å². The van der Waals surface area contributed by atoms with Crippen LogP contribution in [0.5, 0.6) is 11.5 Å². The second-order valence-electron chi connectivity index (χ2n) is 6.96. The summed E-state index contributed by atoms with van der Waals surface area (Å²) < 4.78 is 10.9. The molecule has 0 saturated heterocycles. The summed E-state index contributed by atoms with van der Waals surface area (Å²) in [7, 11) is 3.32. The molecule has 1 heterocycles. The number of nitrogens with one attached hydrogen (secondary N) is 3. The van der Waals surface area contributed by atoms with Gasteiger partial charge in [-0.1, -0.05) is 0 Å². The van der Waals surface area contributed by atoms with Gasteiger partial charge in [0, 0.05) is 18.0 Å². The molecular formula is C19H32N3O3+. The number of carbonyl (C=O) groups excluding carboxylic acids is 1. The van der Waals surface area contributed by atoms with Gasteiger partial charge in [0.1, 0.15) is 6.04 Å². The molecule has 1 unspecified atom stereocenters. The van der Waals surface area contributed by atoms with Gasteiger partial charge in [0.25, 0.3) is 0 Å². The molecule has 1 aliphatic rings. The van der Waals surface area contributed by atoms with E-state index in [2.05, 4.69) is 36.6 Å². The van der Waals surface area contributed by atoms with Crippen LogP contribution in [0.3, 0.4) is 0 Å². The largest absolute Gasteiger partial charge is 0.493 e. The molecule has 1 aromatic rings. The summed E-state index contributed by atoms with van der Waals surface area (Å²) in [6.07, 6.45) is 1.00. The number of methoxy groups -OCH3 is 2. The highest BCUT2D eigenvalue weighted by molar-refractivity contribution is 5.74. The number of quaternary nitrogens is 1. The highest BCUT2D eigenvalue weighted by atomic mass is 16.5. The molecule has 0 bridgehead atoms. The van der Waals surface area contributed by atoms with E-state index in [9.17, 15) is 4.79 Å². The van der Waals surface area contributed by atoms with E-state index >= 15 is 0 Å². The SMILES string of the molecule is CC[NH+]1CCc2cc(OC)c(OC)cc2[C@H]1[C@@H](C)NC(=O)NC(C)C. The first-order chi connectivity index (χ1) is 11.9. The zero-order valence-electron chi connectivity index (χ0n) is 16.2. The molecule has 0 saturated carbocycles. The fourth-order valence-corrected chi connectivity index (χ4v) is 3.73. The lowest BCUT2D eigenvalue weighted by atomic mass is 9.88. The number of fused-ring (bicyclic) bond motifs is 1. The third-order valence-electron chi connectivity index (χ3n) is 4.87. The Morgan fingerprint density at radius 1 is 1.20 bits per heavy atom. The number of hydrogen-bond donors (Lipinski definition) is 3. The van der Waals surface area contributed by atoms with Gasteiger partial charge < -0.3 is 25.0 Å². The lowest BCUT2D eigenvalue weighted by molar-refractivity contribution is -0.933. The zero-order valence-corrected chi connectivity index (χ0v) is 16.2. The number of amides is 2. The zero-order chi connectivity index (χ0) is 18.6. The summed E-state index contributed by atoms with van der Waals surface area (Å²) in [4.78, 5) is 13.6. The predicted octanol–water partition coefficient (Wildman–Crippen LogP) is 1.30. The van der Waals surface area contributed by atoms with E-state index in [0.29, 0.717) is 0 Å². The number of benzene rings is 1. The van der Waals surface area contributed by atoms with Crippen LogP contribution in [0, 0.1) is 0 Å². The molecule has 0 aliphatic carbocycles. The van der Waals surface area contributed by atoms with Crippen molar-refractivity contribution in [1.82, 2.24) is 10.6 Å². The van der Waals surface area contributed by atoms with E-state index in [-0.39, 0.29) is 24.2 Å². The standard InChI is InChI=1S/C19H31N3O3/c1-7-22-9-8-14-10-16(24-5)17(25-6)11-15(14)18(22)13(4)21-19(23)20-12(2)3/h10-13,18H,7-9H2,1-6H3,(H2,20,21,23)/p+1/t13-,18-/m1/s1. The minimum Gasteiger partial charge on any atom is -0.493 e. The van der Waals surface area contributed by atoms with Gasteiger partial charge in [-0.25, -0.2) is 4.79 Å². The number of carbonyl (C=O) groups is 1. The summed E-state index contributed by atoms with van der Waals surface area (Å²) in [6.45, 7) is 10.2. The van der Waals surface area contributed by atoms with Crippen molar-refractivity contribution in [3.63, 3.8) is 0 Å². The maximum atomic E-state index is 12.2. The molecule has 6 heteroatoms. The van der Waals surface area contributed by atoms with Crippen LogP contribution in [-0.4, -0.2) is 45.4 Å². The van der Waals surface area contributed by atoms with Gasteiger partial charge in [-0.05, 0) is 45.4 Å². The number of likely N-dealkylation sites (N-methyl/N-ethyl adjacent to an activating group) is 1. The fourth-order valence-electron chi connectivity index (χ4n) is 3.73. The Hall–Kier alpha value is -1.95. The second-order valence-corrected chi connectivity index (χ2v) is 6.96. The van der Waals surface area contributed by atoms with Crippen LogP contribution >= 0.6 is 0 Å². The van der Waals surface area contributed by atoms with Gasteiger partial charge in [-0.15, -0.1) is 0 Å². The quantitative estimate of drug-likeness (QED) is 0.725. The first-order valence-electron chi connectivity index (χ1n) is 9.07. The number of hydrogen-bond acceptors (Lipinski definition) is 3. The maximum absolute atomic E-state index is 12.2. The molecular weight excluding hydrogens is 318 g/mol. The minimum absolute atomic E-state index is 0.00542. The summed E-state index contributed by atoms with van der Waals surface area (Å²) >= 11 is 0. The average molecular weight is 350 g/mol. The Morgan fingerprint density at radius 3 is 2.40 bits per heavy atom. The third-order valence-corrected chi connectivity index (χ3v) is 4.87. The average Bonchev–Trinajstić information content (AvgIpc) is 2.58. The lowest BCUT2D eigenvalue weighted by Gasteiger charge is -2.37. The smallest absolute Gasteiger partial charge is 0.315 e. The summed E-state index contributed by atoms with van der Waals surface area (Å²) in [5, 5.41) is 6.02. The molecule has 0 radical (unpaired) electrons. The number of ether oxygens (including phenoxy) is 2. The first kappa shape index (κ1) is 19.4. The van der Waals surface area contributed by atoms with Gasteiger partial charge in [0.2, 0.25) is 0 Å². The Morgan fingerprint density at radius 2 is 1.84 bits per heavy atom. The normalized spacial score (nSPS) is 20.6. The van der Waals surface area contributed by atoms with Crippen LogP contribution in [-0.2, 0) is 6.42 Å². The molecule has 1 aromatic carbocycles. The van der Waals surface area contributed by atoms with E-state index < -0.39 is 0 Å². The van der Waals surface area contributed by atoms with Gasteiger partial charge in [-0.3, -0.25) is 0 Å². The molecule has 3 N–H and O–H groups in total. The molecule has 2 amide bonds. The van der Waals surface area contributed by atoms with E-state index in [4.69, 9.17) is 9.47 Å². The van der Waals surface area contributed by atoms with Crippen LogP contribution in [0.25, 0.3) is 0 Å². The maximum Gasteiger partial charge on any atom is 0.315 e. The fraction of sp³-hybridized carbons (Fsp3) is 0.632. The highest BCUT2D eigenvalue weighted by Crippen LogP contribution is 2.34. The van der Waals surface area contributed by atoms with Crippen LogP contribution in [0.4, 0.5) is 4.79 Å².